The van der Waals surface area contributed by atoms with Crippen molar-refractivity contribution in [3.63, 3.8) is 0 Å². The summed E-state index contributed by atoms with van der Waals surface area (Å²) in [5.41, 5.74) is -0.382. The highest BCUT2D eigenvalue weighted by atomic mass is 16.7. The van der Waals surface area contributed by atoms with Crippen LogP contribution in [0.25, 0.3) is 0 Å². The first-order chi connectivity index (χ1) is 48.0. The van der Waals surface area contributed by atoms with Crippen LogP contribution < -0.4 is 25.6 Å². The van der Waals surface area contributed by atoms with Gasteiger partial charge in [0.1, 0.15) is 29.0 Å². The van der Waals surface area contributed by atoms with Crippen molar-refractivity contribution >= 4 is 46.9 Å². The fraction of sp³-hybridized carbons (Fsp3) is 0.542. The van der Waals surface area contributed by atoms with E-state index in [-0.39, 0.29) is 116 Å². The van der Waals surface area contributed by atoms with Crippen molar-refractivity contribution in [2.75, 3.05) is 131 Å². The normalized spacial score (nSPS) is 24.3. The molecule has 99 heavy (non-hydrogen) atoms. The van der Waals surface area contributed by atoms with Crippen molar-refractivity contribution in [2.45, 2.75) is 120 Å². The zero-order valence-corrected chi connectivity index (χ0v) is 56.1. The molecule has 2 aliphatic carbocycles. The van der Waals surface area contributed by atoms with Crippen molar-refractivity contribution in [3.05, 3.63) is 117 Å². The third-order valence-corrected chi connectivity index (χ3v) is 20.2. The number of nitrogens with one attached hydrogen (secondary N) is 3. The number of likely N-dealkylation sites (tertiary alicyclic amines) is 2. The fourth-order valence-electron chi connectivity index (χ4n) is 14.9. The molecule has 0 aromatic heterocycles. The van der Waals surface area contributed by atoms with Crippen molar-refractivity contribution in [1.29, 1.82) is 0 Å². The van der Waals surface area contributed by atoms with E-state index in [0.717, 1.165) is 48.1 Å². The van der Waals surface area contributed by atoms with E-state index in [1.165, 1.54) is 32.4 Å². The number of aliphatic hydroxyl groups is 1. The third-order valence-electron chi connectivity index (χ3n) is 20.2. The number of methoxy groups -OCH3 is 2. The molecule has 4 aromatic carbocycles. The number of benzene rings is 4. The second-order valence-corrected chi connectivity index (χ2v) is 26.2. The minimum Gasteiger partial charge on any atom is -0.507 e. The average Bonchev–Trinajstić information content (AvgIpc) is 1.09. The highest BCUT2D eigenvalue weighted by Gasteiger charge is 2.56. The van der Waals surface area contributed by atoms with E-state index in [1.54, 1.807) is 4.90 Å². The van der Waals surface area contributed by atoms with Gasteiger partial charge in [-0.1, -0.05) is 54.3 Å². The molecular formula is C72H87N7O20. The van der Waals surface area contributed by atoms with Crippen molar-refractivity contribution in [3.8, 4) is 29.1 Å². The van der Waals surface area contributed by atoms with Crippen LogP contribution in [0.3, 0.4) is 0 Å². The Morgan fingerprint density at radius 3 is 2.08 bits per heavy atom. The number of urea groups is 1. The Morgan fingerprint density at radius 2 is 1.35 bits per heavy atom. The summed E-state index contributed by atoms with van der Waals surface area (Å²) in [6.07, 6.45) is -1.59. The number of ether oxygens (including phenoxy) is 10. The Kier molecular flexibility index (Phi) is 22.6. The maximum atomic E-state index is 14.3. The molecule has 6 amide bonds. The summed E-state index contributed by atoms with van der Waals surface area (Å²) in [6, 6.07) is 19.5. The summed E-state index contributed by atoms with van der Waals surface area (Å²) in [4.78, 5) is 103. The number of morpholine rings is 1. The van der Waals surface area contributed by atoms with Gasteiger partial charge in [-0.25, -0.2) is 4.79 Å². The number of anilines is 1. The Hall–Kier alpha value is -8.11. The SMILES string of the molecule is COc1cccc2c1C(=O)c1c(O)c3c(c(O)c1C2=O)CC(O)(C(=O)NCC(=O)NCCOCCOCCOCCOCCC(=O)N1CCC2(CC1)CCN(C(=O)NCCC(=O)N1Cc4ccccc4C#Cc4ccccc41)CC2)CC3OC1CC2C(OC3C(OC)OCCN23)C(C)O1. The maximum absolute atomic E-state index is 14.3. The van der Waals surface area contributed by atoms with Crippen LogP contribution in [0.5, 0.6) is 17.2 Å². The van der Waals surface area contributed by atoms with Crippen LogP contribution >= 0.6 is 0 Å². The second-order valence-electron chi connectivity index (χ2n) is 26.2. The molecule has 0 bridgehead atoms. The van der Waals surface area contributed by atoms with Gasteiger partial charge in [0.05, 0.1) is 121 Å². The fourth-order valence-corrected chi connectivity index (χ4v) is 14.9. The molecule has 1 spiro atoms. The lowest BCUT2D eigenvalue weighted by Crippen LogP contribution is -2.55. The second kappa shape index (κ2) is 31.6. The molecule has 8 atom stereocenters. The van der Waals surface area contributed by atoms with Crippen LogP contribution in [-0.2, 0) is 74.8 Å². The van der Waals surface area contributed by atoms with Crippen molar-refractivity contribution in [1.82, 2.24) is 30.7 Å². The topological polar surface area (TPSA) is 322 Å². The number of hydrogen-bond acceptors (Lipinski definition) is 21. The van der Waals surface area contributed by atoms with Gasteiger partial charge in [0, 0.05) is 112 Å². The van der Waals surface area contributed by atoms with Crippen LogP contribution in [0, 0.1) is 17.3 Å². The molecule has 4 aromatic rings. The van der Waals surface area contributed by atoms with E-state index in [9.17, 15) is 48.9 Å². The molecular weight excluding hydrogens is 1280 g/mol. The number of amides is 6. The van der Waals surface area contributed by atoms with Gasteiger partial charge in [0.2, 0.25) is 23.5 Å². The summed E-state index contributed by atoms with van der Waals surface area (Å²) in [5.74, 6) is 1.93. The Morgan fingerprint density at radius 1 is 0.687 bits per heavy atom. The van der Waals surface area contributed by atoms with Gasteiger partial charge < -0.3 is 93.3 Å². The predicted molar refractivity (Wildman–Crippen MR) is 353 cm³/mol. The molecule has 530 valence electrons. The zero-order chi connectivity index (χ0) is 69.4. The van der Waals surface area contributed by atoms with Crippen molar-refractivity contribution in [2.24, 2.45) is 5.41 Å². The molecule has 6 aliphatic heterocycles. The molecule has 8 unspecified atom stereocenters. The van der Waals surface area contributed by atoms with Crippen LogP contribution in [-0.4, -0.2) is 240 Å². The summed E-state index contributed by atoms with van der Waals surface area (Å²) in [5, 5.41) is 44.6. The van der Waals surface area contributed by atoms with E-state index in [4.69, 9.17) is 47.4 Å². The number of carbonyl (C=O) groups is 7. The number of para-hydroxylation sites is 1. The number of aromatic hydroxyl groups is 2. The van der Waals surface area contributed by atoms with Crippen LogP contribution in [0.15, 0.2) is 66.7 Å². The number of hydrogen-bond donors (Lipinski definition) is 6. The summed E-state index contributed by atoms with van der Waals surface area (Å²) in [7, 11) is 2.86. The Labute approximate surface area is 573 Å². The van der Waals surface area contributed by atoms with Crippen LogP contribution in [0.2, 0.25) is 0 Å². The number of piperidine rings is 2. The molecule has 0 radical (unpaired) electrons. The van der Waals surface area contributed by atoms with E-state index < -0.39 is 108 Å². The monoisotopic (exact) mass is 1370 g/mol. The lowest BCUT2D eigenvalue weighted by Gasteiger charge is -2.46. The Balaban J connectivity index is 0.510. The average molecular weight is 1370 g/mol. The molecule has 5 saturated heterocycles. The first kappa shape index (κ1) is 70.7. The largest absolute Gasteiger partial charge is 0.507 e. The number of fused-ring (bicyclic) bond motifs is 8. The molecule has 0 saturated carbocycles. The van der Waals surface area contributed by atoms with Gasteiger partial charge in [-0.3, -0.25) is 33.7 Å². The highest BCUT2D eigenvalue weighted by molar-refractivity contribution is 6.31. The van der Waals surface area contributed by atoms with E-state index in [0.29, 0.717) is 72.3 Å². The molecule has 6 N–H and O–H groups in total. The van der Waals surface area contributed by atoms with Gasteiger partial charge in [0.25, 0.3) is 5.91 Å². The summed E-state index contributed by atoms with van der Waals surface area (Å²) < 4.78 is 58.6. The maximum Gasteiger partial charge on any atom is 0.317 e. The van der Waals surface area contributed by atoms with Crippen LogP contribution in [0.1, 0.15) is 124 Å². The molecule has 27 heteroatoms. The van der Waals surface area contributed by atoms with E-state index in [2.05, 4.69) is 32.7 Å². The lowest BCUT2D eigenvalue weighted by molar-refractivity contribution is -0.256. The number of nitrogens with zero attached hydrogens (tertiary/aromatic N) is 4. The number of rotatable bonds is 25. The quantitative estimate of drug-likeness (QED) is 0.0276. The number of ketones is 2. The van der Waals surface area contributed by atoms with Gasteiger partial charge in [-0.15, -0.1) is 0 Å². The molecule has 27 nitrogen and oxygen atoms in total. The molecule has 5 fully saturated rings. The van der Waals surface area contributed by atoms with Gasteiger partial charge in [0.15, 0.2) is 24.6 Å². The van der Waals surface area contributed by atoms with Gasteiger partial charge >= 0.3 is 6.03 Å². The van der Waals surface area contributed by atoms with Gasteiger partial charge in [-0.05, 0) is 67.9 Å². The van der Waals surface area contributed by atoms with E-state index in [1.807, 2.05) is 65.3 Å². The smallest absolute Gasteiger partial charge is 0.317 e. The van der Waals surface area contributed by atoms with Crippen LogP contribution in [0.4, 0.5) is 10.5 Å². The molecule has 6 heterocycles. The summed E-state index contributed by atoms with van der Waals surface area (Å²) >= 11 is 0. The minimum absolute atomic E-state index is 0.0518. The molecule has 8 aliphatic rings. The van der Waals surface area contributed by atoms with Gasteiger partial charge in [-0.2, -0.15) is 0 Å². The molecule has 12 rings (SSSR count). The summed E-state index contributed by atoms with van der Waals surface area (Å²) in [6.45, 7) is 7.56. The number of phenolic OH excluding ortho intramolecular Hbond substituents is 2. The first-order valence-corrected chi connectivity index (χ1v) is 34.1. The number of carbonyl (C=O) groups excluding carboxylic acids is 7. The van der Waals surface area contributed by atoms with Crippen molar-refractivity contribution < 1.29 is 96.2 Å². The number of phenols is 2. The minimum atomic E-state index is -2.39. The Bertz CT molecular complexity index is 3730. The lowest BCUT2D eigenvalue weighted by atomic mass is 9.71. The highest BCUT2D eigenvalue weighted by Crippen LogP contribution is 2.53. The standard InChI is InChI=1S/C72H87N7O20/c1-44-66-51(78-29-32-96-68(91-3)67(78)99-66)39-57(97-44)98-53-41-72(89,40-49-59(53)65(86)61-60(63(49)84)62(83)48-12-8-14-52(90-2)58(48)64(61)85)69(87)75-42-54(80)73-24-31-93-34-36-95-38-37-94-35-33-92-30-18-55(81)76-25-19-71(20-26-76)21-27-77(28-22-71)70(88)74-23-17-56(82)79-43-47-11-5-4-9-45(47)15-16-46-10-6-7-13-50(46)79/h4-14,44,51,53,57,66-68,84,86,89H,17-43H2,1-3H3,(H,73,80)(H,74,88)(H,75,87). The predicted octanol–water partition coefficient (Wildman–Crippen LogP) is 3.59. The first-order valence-electron chi connectivity index (χ1n) is 34.1. The zero-order valence-electron chi connectivity index (χ0n) is 56.1. The van der Waals surface area contributed by atoms with E-state index >= 15 is 0 Å². The third kappa shape index (κ3) is 15.5.